The molecule has 0 radical (unpaired) electrons. The summed E-state index contributed by atoms with van der Waals surface area (Å²) < 4.78 is 15.7. The van der Waals surface area contributed by atoms with E-state index in [9.17, 15) is 14.4 Å². The van der Waals surface area contributed by atoms with E-state index in [-0.39, 0.29) is 25.6 Å². The standard InChI is InChI=1S/C24H30O6/c1-4-28-22(26)21(23(27)29-5-2)17-20-12-8-7-11-19(20)13-16-24(30-18(3)25)14-9-6-10-15-24/h7-8,11-12,21H,4-6,9-10,14-15,17H2,1-3H3. The monoisotopic (exact) mass is 414 g/mol. The van der Waals surface area contributed by atoms with Gasteiger partial charge in [0.1, 0.15) is 0 Å². The van der Waals surface area contributed by atoms with Crippen LogP contribution in [0.25, 0.3) is 0 Å². The summed E-state index contributed by atoms with van der Waals surface area (Å²) in [6.45, 7) is 5.15. The molecule has 1 aliphatic carbocycles. The van der Waals surface area contributed by atoms with E-state index in [1.54, 1.807) is 13.8 Å². The van der Waals surface area contributed by atoms with Crippen LogP contribution < -0.4 is 0 Å². The highest BCUT2D eigenvalue weighted by Gasteiger charge is 2.34. The van der Waals surface area contributed by atoms with E-state index in [0.717, 1.165) is 24.8 Å². The summed E-state index contributed by atoms with van der Waals surface area (Å²) in [6, 6.07) is 7.34. The number of hydrogen-bond acceptors (Lipinski definition) is 6. The van der Waals surface area contributed by atoms with Gasteiger partial charge in [0.25, 0.3) is 0 Å². The lowest BCUT2D eigenvalue weighted by Crippen LogP contribution is -2.35. The first kappa shape index (κ1) is 23.5. The molecule has 0 aliphatic heterocycles. The zero-order chi connectivity index (χ0) is 22.0. The topological polar surface area (TPSA) is 78.9 Å². The Morgan fingerprint density at radius 3 is 2.17 bits per heavy atom. The van der Waals surface area contributed by atoms with E-state index in [4.69, 9.17) is 14.2 Å². The van der Waals surface area contributed by atoms with Crippen LogP contribution in [0.3, 0.4) is 0 Å². The molecule has 162 valence electrons. The van der Waals surface area contributed by atoms with Crippen LogP contribution in [-0.2, 0) is 35.0 Å². The maximum Gasteiger partial charge on any atom is 0.320 e. The molecule has 1 saturated carbocycles. The molecule has 1 aliphatic rings. The Labute approximate surface area is 178 Å². The fourth-order valence-corrected chi connectivity index (χ4v) is 3.62. The quantitative estimate of drug-likeness (QED) is 0.294. The second-order valence-electron chi connectivity index (χ2n) is 7.32. The maximum atomic E-state index is 12.3. The molecule has 6 nitrogen and oxygen atoms in total. The van der Waals surface area contributed by atoms with E-state index >= 15 is 0 Å². The molecule has 0 aromatic heterocycles. The van der Waals surface area contributed by atoms with Gasteiger partial charge >= 0.3 is 17.9 Å². The molecule has 0 N–H and O–H groups in total. The first-order chi connectivity index (χ1) is 14.4. The predicted molar refractivity (Wildman–Crippen MR) is 111 cm³/mol. The normalized spacial score (nSPS) is 14.9. The Hall–Kier alpha value is -2.81. The minimum Gasteiger partial charge on any atom is -0.465 e. The Balaban J connectivity index is 2.32. The van der Waals surface area contributed by atoms with Crippen molar-refractivity contribution in [3.05, 3.63) is 35.4 Å². The Kier molecular flexibility index (Phi) is 8.91. The number of carbonyl (C=O) groups is 3. The second-order valence-corrected chi connectivity index (χ2v) is 7.32. The SMILES string of the molecule is CCOC(=O)C(Cc1ccccc1C#CC1(OC(C)=O)CCCCC1)C(=O)OCC. The number of benzene rings is 1. The van der Waals surface area contributed by atoms with Crippen LogP contribution in [-0.4, -0.2) is 36.7 Å². The van der Waals surface area contributed by atoms with E-state index in [1.807, 2.05) is 24.3 Å². The van der Waals surface area contributed by atoms with Crippen LogP contribution >= 0.6 is 0 Å². The van der Waals surface area contributed by atoms with Gasteiger partial charge in [-0.05, 0) is 63.5 Å². The molecule has 0 heterocycles. The van der Waals surface area contributed by atoms with Crippen LogP contribution in [0.15, 0.2) is 24.3 Å². The lowest BCUT2D eigenvalue weighted by molar-refractivity contribution is -0.161. The molecule has 2 rings (SSSR count). The van der Waals surface area contributed by atoms with Crippen molar-refractivity contribution < 1.29 is 28.6 Å². The molecule has 0 bridgehead atoms. The molecular formula is C24H30O6. The molecule has 0 saturated heterocycles. The van der Waals surface area contributed by atoms with Crippen molar-refractivity contribution in [1.29, 1.82) is 0 Å². The van der Waals surface area contributed by atoms with Gasteiger partial charge in [-0.3, -0.25) is 14.4 Å². The summed E-state index contributed by atoms with van der Waals surface area (Å²) in [6.07, 6.45) is 4.55. The Morgan fingerprint density at radius 1 is 1.00 bits per heavy atom. The van der Waals surface area contributed by atoms with Crippen molar-refractivity contribution in [2.75, 3.05) is 13.2 Å². The van der Waals surface area contributed by atoms with Gasteiger partial charge in [-0.2, -0.15) is 0 Å². The molecule has 0 unspecified atom stereocenters. The average Bonchev–Trinajstić information content (AvgIpc) is 2.71. The molecule has 0 amide bonds. The number of hydrogen-bond donors (Lipinski definition) is 0. The summed E-state index contributed by atoms with van der Waals surface area (Å²) in [7, 11) is 0. The molecule has 0 atom stereocenters. The summed E-state index contributed by atoms with van der Waals surface area (Å²) >= 11 is 0. The number of rotatable bonds is 7. The number of esters is 3. The van der Waals surface area contributed by atoms with E-state index in [1.165, 1.54) is 6.92 Å². The molecule has 1 aromatic carbocycles. The van der Waals surface area contributed by atoms with E-state index in [0.29, 0.717) is 18.4 Å². The van der Waals surface area contributed by atoms with Gasteiger partial charge < -0.3 is 14.2 Å². The van der Waals surface area contributed by atoms with Gasteiger partial charge in [-0.1, -0.05) is 30.5 Å². The van der Waals surface area contributed by atoms with Crippen LogP contribution in [0, 0.1) is 17.8 Å². The van der Waals surface area contributed by atoms with E-state index in [2.05, 4.69) is 11.8 Å². The highest BCUT2D eigenvalue weighted by atomic mass is 16.6. The van der Waals surface area contributed by atoms with Crippen LogP contribution in [0.2, 0.25) is 0 Å². The minimum atomic E-state index is -1.05. The highest BCUT2D eigenvalue weighted by Crippen LogP contribution is 2.31. The Bertz CT molecular complexity index is 792. The van der Waals surface area contributed by atoms with Crippen molar-refractivity contribution in [2.45, 2.75) is 64.9 Å². The molecule has 1 aromatic rings. The first-order valence-corrected chi connectivity index (χ1v) is 10.5. The van der Waals surface area contributed by atoms with E-state index < -0.39 is 23.5 Å². The zero-order valence-electron chi connectivity index (χ0n) is 18.0. The third-order valence-electron chi connectivity index (χ3n) is 5.01. The molecular weight excluding hydrogens is 384 g/mol. The summed E-state index contributed by atoms with van der Waals surface area (Å²) in [5.74, 6) is 3.71. The number of ether oxygens (including phenoxy) is 3. The fraction of sp³-hybridized carbons (Fsp3) is 0.542. The van der Waals surface area contributed by atoms with Crippen molar-refractivity contribution >= 4 is 17.9 Å². The van der Waals surface area contributed by atoms with Gasteiger partial charge in [0, 0.05) is 12.5 Å². The molecule has 30 heavy (non-hydrogen) atoms. The van der Waals surface area contributed by atoms with Gasteiger partial charge in [0.15, 0.2) is 11.5 Å². The fourth-order valence-electron chi connectivity index (χ4n) is 3.62. The van der Waals surface area contributed by atoms with Crippen LogP contribution in [0.5, 0.6) is 0 Å². The third-order valence-corrected chi connectivity index (χ3v) is 5.01. The summed E-state index contributed by atoms with van der Waals surface area (Å²) in [5.41, 5.74) is 0.650. The van der Waals surface area contributed by atoms with Crippen molar-refractivity contribution in [2.24, 2.45) is 5.92 Å². The molecule has 6 heteroatoms. The maximum absolute atomic E-state index is 12.3. The minimum absolute atomic E-state index is 0.128. The van der Waals surface area contributed by atoms with Gasteiger partial charge in [0.05, 0.1) is 13.2 Å². The first-order valence-electron chi connectivity index (χ1n) is 10.5. The predicted octanol–water partition coefficient (Wildman–Crippen LogP) is 3.59. The summed E-state index contributed by atoms with van der Waals surface area (Å²) in [5, 5.41) is 0. The lowest BCUT2D eigenvalue weighted by Gasteiger charge is -2.31. The largest absolute Gasteiger partial charge is 0.465 e. The van der Waals surface area contributed by atoms with Crippen LogP contribution in [0.1, 0.15) is 64.0 Å². The second kappa shape index (κ2) is 11.4. The van der Waals surface area contributed by atoms with Gasteiger partial charge in [-0.25, -0.2) is 0 Å². The summed E-state index contributed by atoms with van der Waals surface area (Å²) in [4.78, 5) is 36.3. The third kappa shape index (κ3) is 6.62. The average molecular weight is 414 g/mol. The van der Waals surface area contributed by atoms with Crippen molar-refractivity contribution in [1.82, 2.24) is 0 Å². The number of carbonyl (C=O) groups excluding carboxylic acids is 3. The lowest BCUT2D eigenvalue weighted by atomic mass is 9.84. The Morgan fingerprint density at radius 2 is 1.60 bits per heavy atom. The smallest absolute Gasteiger partial charge is 0.320 e. The van der Waals surface area contributed by atoms with Crippen molar-refractivity contribution in [3.63, 3.8) is 0 Å². The van der Waals surface area contributed by atoms with Gasteiger partial charge in [0.2, 0.25) is 0 Å². The zero-order valence-corrected chi connectivity index (χ0v) is 18.0. The van der Waals surface area contributed by atoms with Crippen molar-refractivity contribution in [3.8, 4) is 11.8 Å². The highest BCUT2D eigenvalue weighted by molar-refractivity contribution is 5.95. The van der Waals surface area contributed by atoms with Gasteiger partial charge in [-0.15, -0.1) is 0 Å². The molecule has 1 fully saturated rings. The van der Waals surface area contributed by atoms with Crippen LogP contribution in [0.4, 0.5) is 0 Å². The molecule has 0 spiro atoms.